The van der Waals surface area contributed by atoms with Crippen LogP contribution in [0.2, 0.25) is 10.0 Å². The van der Waals surface area contributed by atoms with E-state index in [2.05, 4.69) is 24.1 Å². The summed E-state index contributed by atoms with van der Waals surface area (Å²) >= 11 is 12.2. The van der Waals surface area contributed by atoms with Crippen molar-refractivity contribution >= 4 is 35.1 Å². The lowest BCUT2D eigenvalue weighted by molar-refractivity contribution is -0.165. The lowest BCUT2D eigenvalue weighted by atomic mass is 10.1. The van der Waals surface area contributed by atoms with Crippen LogP contribution in [0.4, 0.5) is 0 Å². The first-order valence-electron chi connectivity index (χ1n) is 9.22. The number of hydrogen-bond acceptors (Lipinski definition) is 6. The Morgan fingerprint density at radius 3 is 2.00 bits per heavy atom. The summed E-state index contributed by atoms with van der Waals surface area (Å²) in [6, 6.07) is 6.45. The van der Waals surface area contributed by atoms with Gasteiger partial charge in [-0.05, 0) is 42.6 Å². The van der Waals surface area contributed by atoms with Gasteiger partial charge in [-0.15, -0.1) is 0 Å². The maximum absolute atomic E-state index is 9.77. The van der Waals surface area contributed by atoms with Crippen molar-refractivity contribution < 1.29 is 30.0 Å². The van der Waals surface area contributed by atoms with Gasteiger partial charge in [0.2, 0.25) is 0 Å². The third-order valence-electron chi connectivity index (χ3n) is 4.26. The van der Waals surface area contributed by atoms with Crippen LogP contribution < -0.4 is 5.32 Å². The molecule has 1 aliphatic heterocycles. The maximum Gasteiger partial charge on any atom is 0.335 e. The average molecular weight is 451 g/mol. The lowest BCUT2D eigenvalue weighted by Gasteiger charge is -2.30. The van der Waals surface area contributed by atoms with Crippen molar-refractivity contribution in [2.24, 2.45) is 5.92 Å². The van der Waals surface area contributed by atoms with Crippen molar-refractivity contribution in [3.05, 3.63) is 33.8 Å². The molecule has 10 heteroatoms. The highest BCUT2D eigenvalue weighted by molar-refractivity contribution is 6.34. The smallest absolute Gasteiger partial charge is 0.335 e. The first-order chi connectivity index (χ1) is 13.5. The molecule has 1 aliphatic rings. The Hall–Kier alpha value is -1.42. The summed E-state index contributed by atoms with van der Waals surface area (Å²) in [5.74, 6) is -2.87. The van der Waals surface area contributed by atoms with Crippen LogP contribution in [0.15, 0.2) is 18.2 Å². The Balaban J connectivity index is 0.000000359. The molecule has 1 saturated heterocycles. The fourth-order valence-electron chi connectivity index (χ4n) is 2.97. The van der Waals surface area contributed by atoms with Crippen LogP contribution in [-0.4, -0.2) is 75.1 Å². The minimum absolute atomic E-state index is 0.625. The van der Waals surface area contributed by atoms with Crippen LogP contribution in [0, 0.1) is 5.92 Å². The standard InChI is InChI=1S/C15H22Cl2N2.C4H6O6/c1-11(2)9-19(15-3-4-18-8-15)10-12-5-13(16)7-14(17)6-12;5-1(3(7)8)2(6)4(9)10/h5-7,11,15,18H,3-4,8-10H2,1-2H3;1-2,5-6H,(H,7,8)(H,9,10)/t15-;/m0./s1. The summed E-state index contributed by atoms with van der Waals surface area (Å²) in [5, 5.41) is 37.4. The average Bonchev–Trinajstić information content (AvgIpc) is 3.13. The Labute approximate surface area is 180 Å². The van der Waals surface area contributed by atoms with Crippen molar-refractivity contribution in [1.29, 1.82) is 0 Å². The van der Waals surface area contributed by atoms with Crippen molar-refractivity contribution in [2.45, 2.75) is 45.1 Å². The number of hydrogen-bond donors (Lipinski definition) is 5. The van der Waals surface area contributed by atoms with E-state index in [1.54, 1.807) is 6.07 Å². The summed E-state index contributed by atoms with van der Waals surface area (Å²) in [7, 11) is 0. The number of nitrogens with zero attached hydrogens (tertiary/aromatic N) is 1. The second kappa shape index (κ2) is 12.3. The Kier molecular flexibility index (Phi) is 10.9. The molecule has 0 bridgehead atoms. The molecule has 1 aromatic carbocycles. The predicted octanol–water partition coefficient (Wildman–Crippen LogP) is 1.69. The van der Waals surface area contributed by atoms with Gasteiger partial charge in [0.15, 0.2) is 12.2 Å². The van der Waals surface area contributed by atoms with Gasteiger partial charge in [-0.1, -0.05) is 37.0 Å². The number of rotatable bonds is 8. The summed E-state index contributed by atoms with van der Waals surface area (Å²) in [6.07, 6.45) is -3.31. The van der Waals surface area contributed by atoms with E-state index in [1.807, 2.05) is 12.1 Å². The molecule has 0 aromatic heterocycles. The van der Waals surface area contributed by atoms with Crippen molar-refractivity contribution in [3.8, 4) is 0 Å². The summed E-state index contributed by atoms with van der Waals surface area (Å²) in [6.45, 7) is 8.76. The number of carboxylic acids is 2. The van der Waals surface area contributed by atoms with Gasteiger partial charge in [-0.25, -0.2) is 9.59 Å². The quantitative estimate of drug-likeness (QED) is 0.404. The van der Waals surface area contributed by atoms with Crippen LogP contribution in [0.1, 0.15) is 25.8 Å². The van der Waals surface area contributed by atoms with Gasteiger partial charge in [0, 0.05) is 35.7 Å². The van der Waals surface area contributed by atoms with Crippen LogP contribution >= 0.6 is 23.2 Å². The second-order valence-corrected chi connectivity index (χ2v) is 8.19. The minimum atomic E-state index is -2.27. The molecule has 2 unspecified atom stereocenters. The van der Waals surface area contributed by atoms with Gasteiger partial charge in [0.1, 0.15) is 0 Å². The summed E-state index contributed by atoms with van der Waals surface area (Å²) < 4.78 is 0. The third-order valence-corrected chi connectivity index (χ3v) is 4.70. The number of aliphatic carboxylic acids is 2. The molecule has 1 heterocycles. The van der Waals surface area contributed by atoms with E-state index in [0.29, 0.717) is 12.0 Å². The number of benzene rings is 1. The number of carbonyl (C=O) groups is 2. The zero-order chi connectivity index (χ0) is 22.1. The topological polar surface area (TPSA) is 130 Å². The molecular weight excluding hydrogens is 423 g/mol. The fraction of sp³-hybridized carbons (Fsp3) is 0.579. The molecule has 1 fully saturated rings. The van der Waals surface area contributed by atoms with Gasteiger partial charge < -0.3 is 25.7 Å². The molecule has 0 spiro atoms. The largest absolute Gasteiger partial charge is 0.479 e. The number of halogens is 2. The molecule has 164 valence electrons. The number of nitrogens with one attached hydrogen (secondary N) is 1. The van der Waals surface area contributed by atoms with Gasteiger partial charge in [-0.3, -0.25) is 4.90 Å². The van der Waals surface area contributed by atoms with Gasteiger partial charge in [-0.2, -0.15) is 0 Å². The number of carboxylic acid groups (broad SMARTS) is 2. The SMILES string of the molecule is CC(C)CN(Cc1cc(Cl)cc(Cl)c1)[C@H]1CCNC1.O=C(O)C(O)C(O)C(=O)O. The first-order valence-corrected chi connectivity index (χ1v) is 9.98. The molecular formula is C19H28Cl2N2O6. The molecule has 0 amide bonds. The van der Waals surface area contributed by atoms with E-state index in [-0.39, 0.29) is 0 Å². The number of aliphatic hydroxyl groups is 2. The normalized spacial score (nSPS) is 18.3. The van der Waals surface area contributed by atoms with E-state index < -0.39 is 24.1 Å². The van der Waals surface area contributed by atoms with Crippen molar-refractivity contribution in [3.63, 3.8) is 0 Å². The molecule has 0 aliphatic carbocycles. The third kappa shape index (κ3) is 9.29. The zero-order valence-corrected chi connectivity index (χ0v) is 17.9. The van der Waals surface area contributed by atoms with Crippen LogP contribution in [0.3, 0.4) is 0 Å². The molecule has 29 heavy (non-hydrogen) atoms. The molecule has 3 atom stereocenters. The van der Waals surface area contributed by atoms with E-state index in [0.717, 1.165) is 36.2 Å². The molecule has 1 aromatic rings. The zero-order valence-electron chi connectivity index (χ0n) is 16.4. The molecule has 5 N–H and O–H groups in total. The molecule has 0 saturated carbocycles. The molecule has 0 radical (unpaired) electrons. The van der Waals surface area contributed by atoms with E-state index in [9.17, 15) is 9.59 Å². The van der Waals surface area contributed by atoms with Crippen molar-refractivity contribution in [2.75, 3.05) is 19.6 Å². The summed E-state index contributed by atoms with van der Waals surface area (Å²) in [4.78, 5) is 22.1. The Morgan fingerprint density at radius 2 is 1.62 bits per heavy atom. The highest BCUT2D eigenvalue weighted by Gasteiger charge is 2.29. The monoisotopic (exact) mass is 450 g/mol. The second-order valence-electron chi connectivity index (χ2n) is 7.31. The van der Waals surface area contributed by atoms with Crippen LogP contribution in [0.25, 0.3) is 0 Å². The summed E-state index contributed by atoms with van der Waals surface area (Å²) in [5.41, 5.74) is 1.20. The first kappa shape index (κ1) is 25.6. The van der Waals surface area contributed by atoms with Crippen molar-refractivity contribution in [1.82, 2.24) is 10.2 Å². The maximum atomic E-state index is 9.77. The number of aliphatic hydroxyl groups excluding tert-OH is 2. The molecule has 8 nitrogen and oxygen atoms in total. The fourth-order valence-corrected chi connectivity index (χ4v) is 3.54. The molecule has 2 rings (SSSR count). The van der Waals surface area contributed by atoms with Gasteiger partial charge in [0.05, 0.1) is 0 Å². The van der Waals surface area contributed by atoms with E-state index in [4.69, 9.17) is 43.6 Å². The predicted molar refractivity (Wildman–Crippen MR) is 110 cm³/mol. The highest BCUT2D eigenvalue weighted by atomic mass is 35.5. The minimum Gasteiger partial charge on any atom is -0.479 e. The Bertz CT molecular complexity index is 644. The lowest BCUT2D eigenvalue weighted by Crippen LogP contribution is -2.39. The van der Waals surface area contributed by atoms with Crippen LogP contribution in [-0.2, 0) is 16.1 Å². The van der Waals surface area contributed by atoms with E-state index >= 15 is 0 Å². The Morgan fingerprint density at radius 1 is 1.10 bits per heavy atom. The van der Waals surface area contributed by atoms with Crippen LogP contribution in [0.5, 0.6) is 0 Å². The highest BCUT2D eigenvalue weighted by Crippen LogP contribution is 2.22. The van der Waals surface area contributed by atoms with Gasteiger partial charge >= 0.3 is 11.9 Å². The van der Waals surface area contributed by atoms with Gasteiger partial charge in [0.25, 0.3) is 0 Å². The van der Waals surface area contributed by atoms with E-state index in [1.165, 1.54) is 12.0 Å².